The molecule has 1 aromatic heterocycles. The maximum absolute atomic E-state index is 13.3. The highest BCUT2D eigenvalue weighted by Crippen LogP contribution is 2.36. The number of para-hydroxylation sites is 1. The molecular weight excluding hydrogens is 476 g/mol. The summed E-state index contributed by atoms with van der Waals surface area (Å²) in [4.78, 5) is 30.7. The van der Waals surface area contributed by atoms with Crippen LogP contribution in [0.1, 0.15) is 22.5 Å². The zero-order chi connectivity index (χ0) is 25.4. The molecule has 9 heteroatoms. The van der Waals surface area contributed by atoms with Crippen molar-refractivity contribution in [3.8, 4) is 5.75 Å². The Hall–Kier alpha value is -3.36. The van der Waals surface area contributed by atoms with E-state index in [0.29, 0.717) is 29.6 Å². The summed E-state index contributed by atoms with van der Waals surface area (Å²) in [6, 6.07) is 11.8. The van der Waals surface area contributed by atoms with Crippen LogP contribution in [0.25, 0.3) is 0 Å². The molecule has 0 aliphatic carbocycles. The number of halogens is 1. The highest BCUT2D eigenvalue weighted by Gasteiger charge is 2.32. The zero-order valence-electron chi connectivity index (χ0n) is 21.2. The van der Waals surface area contributed by atoms with Gasteiger partial charge in [0.25, 0.3) is 0 Å². The number of amides is 2. The number of methoxy groups -OCH3 is 1. The van der Waals surface area contributed by atoms with Gasteiger partial charge in [0, 0.05) is 68.7 Å². The number of urea groups is 1. The van der Waals surface area contributed by atoms with Gasteiger partial charge in [-0.15, -0.1) is 0 Å². The first-order valence-corrected chi connectivity index (χ1v) is 12.5. The van der Waals surface area contributed by atoms with E-state index in [1.165, 1.54) is 0 Å². The van der Waals surface area contributed by atoms with Gasteiger partial charge in [-0.25, -0.2) is 14.8 Å². The number of aryl methyl sites for hydroxylation is 1. The third-order valence-electron chi connectivity index (χ3n) is 7.00. The van der Waals surface area contributed by atoms with Gasteiger partial charge in [-0.05, 0) is 31.7 Å². The number of aromatic nitrogens is 2. The molecule has 0 spiro atoms. The number of carbonyl (C=O) groups is 1. The Balaban J connectivity index is 1.38. The van der Waals surface area contributed by atoms with E-state index in [9.17, 15) is 4.79 Å². The average molecular weight is 507 g/mol. The minimum atomic E-state index is -0.169. The van der Waals surface area contributed by atoms with Crippen molar-refractivity contribution in [1.29, 1.82) is 0 Å². The van der Waals surface area contributed by atoms with E-state index in [4.69, 9.17) is 21.3 Å². The van der Waals surface area contributed by atoms with Gasteiger partial charge < -0.3 is 14.5 Å². The molecule has 0 N–H and O–H groups in total. The van der Waals surface area contributed by atoms with Crippen LogP contribution >= 0.6 is 11.6 Å². The maximum Gasteiger partial charge on any atom is 0.330 e. The molecule has 2 amide bonds. The molecule has 0 unspecified atom stereocenters. The summed E-state index contributed by atoms with van der Waals surface area (Å²) < 4.78 is 5.73. The Labute approximate surface area is 217 Å². The average Bonchev–Trinajstić information content (AvgIpc) is 2.88. The third kappa shape index (κ3) is 4.58. The smallest absolute Gasteiger partial charge is 0.330 e. The molecular formula is C27H31ClN6O2. The normalized spacial score (nSPS) is 16.4. The Kier molecular flexibility index (Phi) is 6.73. The lowest BCUT2D eigenvalue weighted by atomic mass is 10.1. The number of carbonyl (C=O) groups excluding carboxylic acids is 1. The van der Waals surface area contributed by atoms with Crippen molar-refractivity contribution in [2.24, 2.45) is 0 Å². The van der Waals surface area contributed by atoms with Crippen molar-refractivity contribution in [2.45, 2.75) is 19.9 Å². The third-order valence-corrected chi connectivity index (χ3v) is 7.31. The van der Waals surface area contributed by atoms with Crippen LogP contribution in [0, 0.1) is 6.92 Å². The fourth-order valence-electron chi connectivity index (χ4n) is 4.88. The Morgan fingerprint density at radius 2 is 1.86 bits per heavy atom. The number of rotatable bonds is 5. The summed E-state index contributed by atoms with van der Waals surface area (Å²) in [5.41, 5.74) is 4.70. The van der Waals surface area contributed by atoms with Crippen LogP contribution in [0.15, 0.2) is 42.6 Å². The van der Waals surface area contributed by atoms with Crippen molar-refractivity contribution in [3.05, 3.63) is 70.1 Å². The Morgan fingerprint density at radius 3 is 2.58 bits per heavy atom. The number of piperazine rings is 1. The first-order valence-electron chi connectivity index (χ1n) is 12.1. The van der Waals surface area contributed by atoms with Crippen molar-refractivity contribution in [2.75, 3.05) is 62.1 Å². The van der Waals surface area contributed by atoms with Crippen LogP contribution in [0.4, 0.5) is 22.0 Å². The lowest BCUT2D eigenvalue weighted by molar-refractivity contribution is 0.251. The highest BCUT2D eigenvalue weighted by atomic mass is 35.5. The molecule has 1 saturated heterocycles. The van der Waals surface area contributed by atoms with Gasteiger partial charge >= 0.3 is 6.03 Å². The second-order valence-corrected chi connectivity index (χ2v) is 9.84. The molecule has 188 valence electrons. The Morgan fingerprint density at radius 1 is 1.08 bits per heavy atom. The molecule has 36 heavy (non-hydrogen) atoms. The van der Waals surface area contributed by atoms with Crippen LogP contribution in [0.3, 0.4) is 0 Å². The van der Waals surface area contributed by atoms with E-state index < -0.39 is 0 Å². The van der Waals surface area contributed by atoms with Gasteiger partial charge in [-0.1, -0.05) is 29.8 Å². The number of anilines is 3. The van der Waals surface area contributed by atoms with E-state index >= 15 is 0 Å². The molecule has 3 aromatic rings. The van der Waals surface area contributed by atoms with Crippen molar-refractivity contribution < 1.29 is 9.53 Å². The molecule has 0 bridgehead atoms. The molecule has 2 aliphatic rings. The van der Waals surface area contributed by atoms with Crippen LogP contribution in [0.5, 0.6) is 5.75 Å². The molecule has 0 saturated carbocycles. The summed E-state index contributed by atoms with van der Waals surface area (Å²) in [7, 11) is 5.58. The predicted molar refractivity (Wildman–Crippen MR) is 144 cm³/mol. The van der Waals surface area contributed by atoms with E-state index in [-0.39, 0.29) is 6.03 Å². The van der Waals surface area contributed by atoms with Gasteiger partial charge in [-0.2, -0.15) is 0 Å². The van der Waals surface area contributed by atoms with E-state index in [2.05, 4.69) is 40.0 Å². The van der Waals surface area contributed by atoms with Crippen molar-refractivity contribution in [3.63, 3.8) is 0 Å². The maximum atomic E-state index is 13.3. The van der Waals surface area contributed by atoms with E-state index in [1.54, 1.807) is 30.0 Å². The quantitative estimate of drug-likeness (QED) is 0.512. The number of nitrogens with zero attached hydrogens (tertiary/aromatic N) is 6. The monoisotopic (exact) mass is 506 g/mol. The largest absolute Gasteiger partial charge is 0.496 e. The second-order valence-electron chi connectivity index (χ2n) is 9.43. The van der Waals surface area contributed by atoms with Crippen molar-refractivity contribution >= 4 is 34.8 Å². The lowest BCUT2D eigenvalue weighted by Crippen LogP contribution is -2.46. The molecule has 3 heterocycles. The highest BCUT2D eigenvalue weighted by molar-refractivity contribution is 6.34. The predicted octanol–water partition coefficient (Wildman–Crippen LogP) is 4.37. The van der Waals surface area contributed by atoms with Crippen LogP contribution in [0.2, 0.25) is 5.02 Å². The van der Waals surface area contributed by atoms with Gasteiger partial charge in [0.15, 0.2) is 0 Å². The summed E-state index contributed by atoms with van der Waals surface area (Å²) in [5, 5.41) is 0.546. The van der Waals surface area contributed by atoms with Crippen LogP contribution in [-0.2, 0) is 13.0 Å². The first-order chi connectivity index (χ1) is 17.4. The molecule has 2 aromatic carbocycles. The van der Waals surface area contributed by atoms with Crippen LogP contribution < -0.4 is 19.4 Å². The van der Waals surface area contributed by atoms with Gasteiger partial charge in [-0.3, -0.25) is 9.80 Å². The number of likely N-dealkylation sites (N-methyl/N-ethyl adjacent to an activating group) is 1. The summed E-state index contributed by atoms with van der Waals surface area (Å²) in [6.07, 6.45) is 2.32. The molecule has 2 aliphatic heterocycles. The number of hydrogen-bond acceptors (Lipinski definition) is 6. The first kappa shape index (κ1) is 24.3. The van der Waals surface area contributed by atoms with Crippen LogP contribution in [-0.4, -0.2) is 68.3 Å². The molecule has 1 fully saturated rings. The van der Waals surface area contributed by atoms with E-state index in [1.807, 2.05) is 25.3 Å². The molecule has 5 rings (SSSR count). The lowest BCUT2D eigenvalue weighted by Gasteiger charge is -2.35. The topological polar surface area (TPSA) is 65.0 Å². The van der Waals surface area contributed by atoms with Gasteiger partial charge in [0.05, 0.1) is 24.4 Å². The van der Waals surface area contributed by atoms with E-state index in [0.717, 1.165) is 60.0 Å². The minimum Gasteiger partial charge on any atom is -0.496 e. The fraction of sp³-hybridized carbons (Fsp3) is 0.370. The Bertz CT molecular complexity index is 1270. The van der Waals surface area contributed by atoms with Crippen molar-refractivity contribution in [1.82, 2.24) is 14.9 Å². The minimum absolute atomic E-state index is 0.169. The number of benzene rings is 2. The molecule has 0 radical (unpaired) electrons. The SMILES string of the molecule is COc1cc(N2CCN(C)CC2)ccc1Cc1ncc2c(n1)N(C)C(=O)N(c1c(C)cccc1Cl)C2. The summed E-state index contributed by atoms with van der Waals surface area (Å²) in [5.74, 6) is 2.08. The summed E-state index contributed by atoms with van der Waals surface area (Å²) in [6.45, 7) is 6.41. The fourth-order valence-corrected chi connectivity index (χ4v) is 5.20. The van der Waals surface area contributed by atoms with Gasteiger partial charge in [0.2, 0.25) is 0 Å². The van der Waals surface area contributed by atoms with Gasteiger partial charge in [0.1, 0.15) is 17.4 Å². The zero-order valence-corrected chi connectivity index (χ0v) is 21.9. The molecule has 0 atom stereocenters. The summed E-state index contributed by atoms with van der Waals surface area (Å²) >= 11 is 6.45. The second kappa shape index (κ2) is 9.95. The standard InChI is InChI=1S/C27H31ClN6O2/c1-18-6-5-7-22(28)25(18)34-17-20-16-29-24(30-26(20)32(3)27(34)35)14-19-8-9-21(15-23(19)36-4)33-12-10-31(2)11-13-33/h5-9,15-16H,10-14,17H2,1-4H3. The number of ether oxygens (including phenoxy) is 1. The molecule has 8 nitrogen and oxygen atoms in total. The number of fused-ring (bicyclic) bond motifs is 1. The number of hydrogen-bond donors (Lipinski definition) is 0.